The summed E-state index contributed by atoms with van der Waals surface area (Å²) in [5.74, 6) is 0. The van der Waals surface area contributed by atoms with E-state index in [9.17, 15) is 13.2 Å². The molecule has 0 saturated heterocycles. The van der Waals surface area contributed by atoms with Crippen LogP contribution in [-0.4, -0.2) is 33.0 Å². The topological polar surface area (TPSA) is 99.7 Å². The fraction of sp³-hybridized carbons (Fsp3) is 0.176. The molecule has 0 spiro atoms. The van der Waals surface area contributed by atoms with Gasteiger partial charge in [0, 0.05) is 24.0 Å². The minimum atomic E-state index is -3.73. The predicted octanol–water partition coefficient (Wildman–Crippen LogP) is 1.78. The summed E-state index contributed by atoms with van der Waals surface area (Å²) in [4.78, 5) is 16.8. The Morgan fingerprint density at radius 2 is 2.04 bits per heavy atom. The van der Waals surface area contributed by atoms with Crippen molar-refractivity contribution in [1.82, 2.24) is 24.5 Å². The molecule has 4 aromatic rings. The Balaban J connectivity index is 1.76. The van der Waals surface area contributed by atoms with Crippen LogP contribution in [0.25, 0.3) is 10.8 Å². The molecule has 0 aliphatic heterocycles. The van der Waals surface area contributed by atoms with Crippen molar-refractivity contribution in [2.75, 3.05) is 0 Å². The van der Waals surface area contributed by atoms with Crippen LogP contribution in [0.1, 0.15) is 10.7 Å². The third-order valence-electron chi connectivity index (χ3n) is 4.09. The van der Waals surface area contributed by atoms with Gasteiger partial charge in [-0.2, -0.15) is 10.2 Å². The number of nitrogens with zero attached hydrogens (tertiary/aromatic N) is 5. The molecule has 0 unspecified atom stereocenters. The molecule has 3 aromatic heterocycles. The number of rotatable bonds is 4. The molecule has 27 heavy (non-hydrogen) atoms. The first kappa shape index (κ1) is 17.6. The molecule has 10 heteroatoms. The first-order valence-electron chi connectivity index (χ1n) is 8.00. The maximum atomic E-state index is 12.7. The minimum Gasteiger partial charge on any atom is -0.275 e. The van der Waals surface area contributed by atoms with E-state index in [1.807, 2.05) is 6.07 Å². The number of fused-ring (bicyclic) bond motifs is 1. The van der Waals surface area contributed by atoms with Crippen molar-refractivity contribution in [1.29, 1.82) is 0 Å². The number of hydrogen-bond acceptors (Lipinski definition) is 7. The zero-order valence-electron chi connectivity index (χ0n) is 14.5. The van der Waals surface area contributed by atoms with E-state index in [-0.39, 0.29) is 22.0 Å². The molecule has 1 aromatic carbocycles. The minimum absolute atomic E-state index is 0.0146. The molecule has 0 aliphatic carbocycles. The summed E-state index contributed by atoms with van der Waals surface area (Å²) in [5.41, 5.74) is 0.413. The molecule has 0 amide bonds. The summed E-state index contributed by atoms with van der Waals surface area (Å²) >= 11 is 1.27. The van der Waals surface area contributed by atoms with E-state index in [1.165, 1.54) is 45.8 Å². The number of thiazole rings is 1. The van der Waals surface area contributed by atoms with Gasteiger partial charge in [-0.3, -0.25) is 9.48 Å². The van der Waals surface area contributed by atoms with Gasteiger partial charge < -0.3 is 0 Å². The summed E-state index contributed by atoms with van der Waals surface area (Å²) in [6, 6.07) is 6.21. The smallest absolute Gasteiger partial charge is 0.274 e. The lowest BCUT2D eigenvalue weighted by molar-refractivity contribution is 0.593. The summed E-state index contributed by atoms with van der Waals surface area (Å²) in [7, 11) is -1.93. The van der Waals surface area contributed by atoms with Crippen molar-refractivity contribution in [2.24, 2.45) is 7.05 Å². The highest BCUT2D eigenvalue weighted by molar-refractivity contribution is 7.91. The maximum Gasteiger partial charge on any atom is 0.274 e. The Labute approximate surface area is 158 Å². The Hall–Kier alpha value is -2.85. The van der Waals surface area contributed by atoms with Crippen molar-refractivity contribution in [3.8, 4) is 0 Å². The third-order valence-corrected chi connectivity index (χ3v) is 6.65. The van der Waals surface area contributed by atoms with Gasteiger partial charge in [0.2, 0.25) is 9.84 Å². The number of sulfone groups is 1. The van der Waals surface area contributed by atoms with E-state index in [1.54, 1.807) is 24.9 Å². The number of hydrogen-bond donors (Lipinski definition) is 0. The number of aromatic nitrogens is 5. The van der Waals surface area contributed by atoms with Gasteiger partial charge in [-0.25, -0.2) is 18.1 Å². The van der Waals surface area contributed by atoms with E-state index in [0.717, 1.165) is 0 Å². The van der Waals surface area contributed by atoms with Crippen LogP contribution in [-0.2, 0) is 23.4 Å². The van der Waals surface area contributed by atoms with Crippen molar-refractivity contribution in [3.05, 3.63) is 63.1 Å². The largest absolute Gasteiger partial charge is 0.275 e. The quantitative estimate of drug-likeness (QED) is 0.517. The van der Waals surface area contributed by atoms with Crippen LogP contribution in [0.4, 0.5) is 0 Å². The van der Waals surface area contributed by atoms with E-state index >= 15 is 0 Å². The van der Waals surface area contributed by atoms with Gasteiger partial charge in [0.15, 0.2) is 5.03 Å². The van der Waals surface area contributed by atoms with Crippen molar-refractivity contribution >= 4 is 31.9 Å². The molecule has 0 N–H and O–H groups in total. The van der Waals surface area contributed by atoms with Gasteiger partial charge in [-0.05, 0) is 31.2 Å². The second-order valence-corrected chi connectivity index (χ2v) is 9.00. The molecule has 0 bridgehead atoms. The Kier molecular flexibility index (Phi) is 4.16. The van der Waals surface area contributed by atoms with Gasteiger partial charge >= 0.3 is 0 Å². The molecule has 138 valence electrons. The average Bonchev–Trinajstić information content (AvgIpc) is 3.26. The summed E-state index contributed by atoms with van der Waals surface area (Å²) in [5, 5.41) is 11.5. The van der Waals surface area contributed by atoms with E-state index < -0.39 is 9.84 Å². The average molecular weight is 401 g/mol. The number of benzene rings is 1. The SMILES string of the molecule is Cc1nc(S(=O)(=O)c2ccc3c(=O)n(Cc4ccn(C)n4)ncc3c2)cs1. The molecule has 0 atom stereocenters. The maximum absolute atomic E-state index is 12.7. The van der Waals surface area contributed by atoms with Crippen LogP contribution in [0, 0.1) is 6.92 Å². The first-order chi connectivity index (χ1) is 12.8. The molecule has 8 nitrogen and oxygen atoms in total. The van der Waals surface area contributed by atoms with Gasteiger partial charge in [0.05, 0.1) is 33.7 Å². The lowest BCUT2D eigenvalue weighted by Crippen LogP contribution is -2.23. The highest BCUT2D eigenvalue weighted by Crippen LogP contribution is 2.24. The summed E-state index contributed by atoms with van der Waals surface area (Å²) in [6.45, 7) is 1.99. The molecule has 4 rings (SSSR count). The molecule has 0 aliphatic rings. The second-order valence-electron chi connectivity index (χ2n) is 6.05. The lowest BCUT2D eigenvalue weighted by Gasteiger charge is -2.06. The first-order valence-corrected chi connectivity index (χ1v) is 10.4. The van der Waals surface area contributed by atoms with Crippen LogP contribution in [0.2, 0.25) is 0 Å². The zero-order chi connectivity index (χ0) is 19.2. The predicted molar refractivity (Wildman–Crippen MR) is 101 cm³/mol. The molecular formula is C17H15N5O3S2. The number of aryl methyl sites for hydroxylation is 2. The molecule has 3 heterocycles. The van der Waals surface area contributed by atoms with E-state index in [0.29, 0.717) is 21.5 Å². The Morgan fingerprint density at radius 1 is 1.22 bits per heavy atom. The lowest BCUT2D eigenvalue weighted by atomic mass is 10.2. The van der Waals surface area contributed by atoms with Crippen molar-refractivity contribution in [2.45, 2.75) is 23.4 Å². The van der Waals surface area contributed by atoms with Crippen LogP contribution in [0.3, 0.4) is 0 Å². The third kappa shape index (κ3) is 3.17. The van der Waals surface area contributed by atoms with Crippen molar-refractivity contribution < 1.29 is 8.42 Å². The Bertz CT molecular complexity index is 1320. The van der Waals surface area contributed by atoms with Gasteiger partial charge in [-0.15, -0.1) is 11.3 Å². The van der Waals surface area contributed by atoms with E-state index in [4.69, 9.17) is 0 Å². The van der Waals surface area contributed by atoms with E-state index in [2.05, 4.69) is 15.2 Å². The summed E-state index contributed by atoms with van der Waals surface area (Å²) < 4.78 is 28.4. The van der Waals surface area contributed by atoms with Gasteiger partial charge in [-0.1, -0.05) is 0 Å². The van der Waals surface area contributed by atoms with Gasteiger partial charge in [0.1, 0.15) is 0 Å². The van der Waals surface area contributed by atoms with Crippen LogP contribution >= 0.6 is 11.3 Å². The molecule has 0 saturated carbocycles. The molecule has 0 radical (unpaired) electrons. The normalized spacial score (nSPS) is 11.9. The summed E-state index contributed by atoms with van der Waals surface area (Å²) in [6.07, 6.45) is 3.28. The standard InChI is InChI=1S/C17H15N5O3S2/c1-11-19-16(10-26-11)27(24,25)14-3-4-15-12(7-14)8-18-22(17(15)23)9-13-5-6-21(2)20-13/h3-8,10H,9H2,1-2H3. The second kappa shape index (κ2) is 6.39. The van der Waals surface area contributed by atoms with Gasteiger partial charge in [0.25, 0.3) is 5.56 Å². The van der Waals surface area contributed by atoms with Crippen LogP contribution in [0.15, 0.2) is 56.8 Å². The monoisotopic (exact) mass is 401 g/mol. The highest BCUT2D eigenvalue weighted by atomic mass is 32.2. The molecular weight excluding hydrogens is 386 g/mol. The fourth-order valence-corrected chi connectivity index (χ4v) is 4.95. The fourth-order valence-electron chi connectivity index (χ4n) is 2.73. The van der Waals surface area contributed by atoms with Crippen molar-refractivity contribution in [3.63, 3.8) is 0 Å². The highest BCUT2D eigenvalue weighted by Gasteiger charge is 2.21. The zero-order valence-corrected chi connectivity index (χ0v) is 16.2. The molecule has 0 fully saturated rings. The van der Waals surface area contributed by atoms with Crippen LogP contribution < -0.4 is 5.56 Å². The Morgan fingerprint density at radius 3 is 2.70 bits per heavy atom. The van der Waals surface area contributed by atoms with Crippen LogP contribution in [0.5, 0.6) is 0 Å².